The molecule has 3 rings (SSSR count). The van der Waals surface area contributed by atoms with Gasteiger partial charge in [0.2, 0.25) is 0 Å². The SMILES string of the molecule is CCOc1ccccc1OCC(=O)NNC(=O)c1cc2c(F)cccc2[nH]1. The van der Waals surface area contributed by atoms with E-state index in [1.54, 1.807) is 30.3 Å². The summed E-state index contributed by atoms with van der Waals surface area (Å²) in [5, 5.41) is 0.296. The molecule has 0 atom stereocenters. The van der Waals surface area contributed by atoms with Crippen LogP contribution in [0.5, 0.6) is 11.5 Å². The number of carbonyl (C=O) groups is 2. The molecule has 7 nitrogen and oxygen atoms in total. The van der Waals surface area contributed by atoms with Crippen LogP contribution in [0.1, 0.15) is 17.4 Å². The van der Waals surface area contributed by atoms with Crippen LogP contribution in [-0.4, -0.2) is 30.0 Å². The average molecular weight is 371 g/mol. The van der Waals surface area contributed by atoms with E-state index in [4.69, 9.17) is 9.47 Å². The highest BCUT2D eigenvalue weighted by atomic mass is 19.1. The summed E-state index contributed by atoms with van der Waals surface area (Å²) < 4.78 is 24.5. The van der Waals surface area contributed by atoms with Gasteiger partial charge in [-0.25, -0.2) is 4.39 Å². The van der Waals surface area contributed by atoms with E-state index in [1.165, 1.54) is 18.2 Å². The Labute approximate surface area is 154 Å². The Morgan fingerprint density at radius 1 is 1.04 bits per heavy atom. The normalized spacial score (nSPS) is 10.4. The Morgan fingerprint density at radius 2 is 1.78 bits per heavy atom. The highest BCUT2D eigenvalue weighted by Crippen LogP contribution is 2.26. The standard InChI is InChI=1S/C19H18FN3O4/c1-2-26-16-8-3-4-9-17(16)27-11-18(24)22-23-19(25)15-10-12-13(20)6-5-7-14(12)21-15/h3-10,21H,2,11H2,1H3,(H,22,24)(H,23,25). The summed E-state index contributed by atoms with van der Waals surface area (Å²) in [5.74, 6) is -0.650. The molecule has 0 fully saturated rings. The van der Waals surface area contributed by atoms with Crippen molar-refractivity contribution >= 4 is 22.7 Å². The number of benzene rings is 2. The molecule has 0 radical (unpaired) electrons. The van der Waals surface area contributed by atoms with E-state index in [0.29, 0.717) is 29.0 Å². The largest absolute Gasteiger partial charge is 0.490 e. The summed E-state index contributed by atoms with van der Waals surface area (Å²) >= 11 is 0. The Balaban J connectivity index is 1.54. The summed E-state index contributed by atoms with van der Waals surface area (Å²) in [6, 6.07) is 12.8. The van der Waals surface area contributed by atoms with E-state index >= 15 is 0 Å². The summed E-state index contributed by atoms with van der Waals surface area (Å²) in [6.07, 6.45) is 0. The maximum atomic E-state index is 13.7. The summed E-state index contributed by atoms with van der Waals surface area (Å²) in [6.45, 7) is 1.99. The van der Waals surface area contributed by atoms with Crippen LogP contribution in [0.3, 0.4) is 0 Å². The first-order valence-corrected chi connectivity index (χ1v) is 8.29. The van der Waals surface area contributed by atoms with E-state index in [0.717, 1.165) is 0 Å². The summed E-state index contributed by atoms with van der Waals surface area (Å²) in [5.41, 5.74) is 5.11. The molecule has 0 unspecified atom stereocenters. The zero-order chi connectivity index (χ0) is 19.2. The van der Waals surface area contributed by atoms with Gasteiger partial charge in [0, 0.05) is 10.9 Å². The molecule has 1 heterocycles. The number of amides is 2. The number of fused-ring (bicyclic) bond motifs is 1. The quantitative estimate of drug-likeness (QED) is 0.581. The lowest BCUT2D eigenvalue weighted by molar-refractivity contribution is -0.123. The van der Waals surface area contributed by atoms with Gasteiger partial charge in [0.15, 0.2) is 18.1 Å². The number of aromatic nitrogens is 1. The second kappa shape index (κ2) is 8.22. The number of nitrogens with one attached hydrogen (secondary N) is 3. The lowest BCUT2D eigenvalue weighted by atomic mass is 10.2. The molecule has 0 aliphatic heterocycles. The Bertz CT molecular complexity index is 970. The van der Waals surface area contributed by atoms with E-state index in [1.807, 2.05) is 6.92 Å². The first-order chi connectivity index (χ1) is 13.1. The van der Waals surface area contributed by atoms with Crippen LogP contribution in [0.2, 0.25) is 0 Å². The van der Waals surface area contributed by atoms with Crippen molar-refractivity contribution in [3.05, 3.63) is 60.0 Å². The van der Waals surface area contributed by atoms with Gasteiger partial charge in [0.1, 0.15) is 11.5 Å². The van der Waals surface area contributed by atoms with Gasteiger partial charge in [-0.15, -0.1) is 0 Å². The molecule has 0 saturated heterocycles. The second-order valence-corrected chi connectivity index (χ2v) is 5.55. The highest BCUT2D eigenvalue weighted by molar-refractivity contribution is 5.98. The van der Waals surface area contributed by atoms with Crippen LogP contribution < -0.4 is 20.3 Å². The van der Waals surface area contributed by atoms with E-state index in [9.17, 15) is 14.0 Å². The fourth-order valence-electron chi connectivity index (χ4n) is 2.46. The van der Waals surface area contributed by atoms with Crippen LogP contribution in [0.15, 0.2) is 48.5 Å². The topological polar surface area (TPSA) is 92.4 Å². The molecule has 3 aromatic rings. The minimum absolute atomic E-state index is 0.123. The minimum Gasteiger partial charge on any atom is -0.490 e. The number of halogens is 1. The van der Waals surface area contributed by atoms with E-state index in [-0.39, 0.29) is 12.3 Å². The maximum absolute atomic E-state index is 13.7. The number of carbonyl (C=O) groups excluding carboxylic acids is 2. The van der Waals surface area contributed by atoms with Gasteiger partial charge >= 0.3 is 0 Å². The average Bonchev–Trinajstić information content (AvgIpc) is 3.11. The smallest absolute Gasteiger partial charge is 0.286 e. The van der Waals surface area contributed by atoms with Crippen molar-refractivity contribution in [3.8, 4) is 11.5 Å². The lowest BCUT2D eigenvalue weighted by Gasteiger charge is -2.11. The second-order valence-electron chi connectivity index (χ2n) is 5.55. The minimum atomic E-state index is -0.603. The molecule has 0 spiro atoms. The van der Waals surface area contributed by atoms with Gasteiger partial charge < -0.3 is 14.5 Å². The third-order valence-electron chi connectivity index (χ3n) is 3.68. The molecular formula is C19H18FN3O4. The first-order valence-electron chi connectivity index (χ1n) is 8.29. The van der Waals surface area contributed by atoms with Crippen molar-refractivity contribution in [2.45, 2.75) is 6.92 Å². The number of hydrogen-bond donors (Lipinski definition) is 3. The number of aromatic amines is 1. The monoisotopic (exact) mass is 371 g/mol. The van der Waals surface area contributed by atoms with Gasteiger partial charge in [-0.05, 0) is 37.3 Å². The van der Waals surface area contributed by atoms with Crippen molar-refractivity contribution in [2.75, 3.05) is 13.2 Å². The van der Waals surface area contributed by atoms with Crippen molar-refractivity contribution < 1.29 is 23.5 Å². The zero-order valence-corrected chi connectivity index (χ0v) is 14.5. The first kappa shape index (κ1) is 18.2. The molecule has 2 amide bonds. The van der Waals surface area contributed by atoms with E-state index < -0.39 is 17.6 Å². The molecule has 0 bridgehead atoms. The molecule has 8 heteroatoms. The van der Waals surface area contributed by atoms with Crippen molar-refractivity contribution in [2.24, 2.45) is 0 Å². The van der Waals surface area contributed by atoms with Crippen LogP contribution in [0.4, 0.5) is 4.39 Å². The van der Waals surface area contributed by atoms with Crippen molar-refractivity contribution in [1.82, 2.24) is 15.8 Å². The van der Waals surface area contributed by atoms with Gasteiger partial charge in [-0.1, -0.05) is 18.2 Å². The fourth-order valence-corrected chi connectivity index (χ4v) is 2.46. The van der Waals surface area contributed by atoms with E-state index in [2.05, 4.69) is 15.8 Å². The van der Waals surface area contributed by atoms with Crippen molar-refractivity contribution in [1.29, 1.82) is 0 Å². The Kier molecular flexibility index (Phi) is 5.55. The third-order valence-corrected chi connectivity index (χ3v) is 3.68. The Hall–Kier alpha value is -3.55. The van der Waals surface area contributed by atoms with Crippen LogP contribution in [0, 0.1) is 5.82 Å². The predicted molar refractivity (Wildman–Crippen MR) is 97.0 cm³/mol. The molecule has 27 heavy (non-hydrogen) atoms. The summed E-state index contributed by atoms with van der Waals surface area (Å²) in [4.78, 5) is 26.8. The van der Waals surface area contributed by atoms with Crippen LogP contribution in [0.25, 0.3) is 10.9 Å². The molecule has 1 aromatic heterocycles. The molecule has 2 aromatic carbocycles. The fraction of sp³-hybridized carbons (Fsp3) is 0.158. The molecule has 0 saturated carbocycles. The van der Waals surface area contributed by atoms with Gasteiger partial charge in [-0.3, -0.25) is 20.4 Å². The molecule has 140 valence electrons. The predicted octanol–water partition coefficient (Wildman–Crippen LogP) is 2.55. The zero-order valence-electron chi connectivity index (χ0n) is 14.5. The lowest BCUT2D eigenvalue weighted by Crippen LogP contribution is -2.43. The van der Waals surface area contributed by atoms with Crippen LogP contribution >= 0.6 is 0 Å². The highest BCUT2D eigenvalue weighted by Gasteiger charge is 2.13. The third kappa shape index (κ3) is 4.35. The van der Waals surface area contributed by atoms with Crippen LogP contribution in [-0.2, 0) is 4.79 Å². The maximum Gasteiger partial charge on any atom is 0.286 e. The molecule has 0 aliphatic rings. The number of ether oxygens (including phenoxy) is 2. The molecule has 0 aliphatic carbocycles. The number of hydrogen-bond acceptors (Lipinski definition) is 4. The van der Waals surface area contributed by atoms with Gasteiger partial charge in [0.25, 0.3) is 11.8 Å². The van der Waals surface area contributed by atoms with Crippen molar-refractivity contribution in [3.63, 3.8) is 0 Å². The number of hydrazine groups is 1. The van der Waals surface area contributed by atoms with Gasteiger partial charge in [0.05, 0.1) is 6.61 Å². The molecule has 3 N–H and O–H groups in total. The Morgan fingerprint density at radius 3 is 2.48 bits per heavy atom. The summed E-state index contributed by atoms with van der Waals surface area (Å²) in [7, 11) is 0. The number of H-pyrrole nitrogens is 1. The number of para-hydroxylation sites is 2. The number of rotatable bonds is 6. The molecular weight excluding hydrogens is 353 g/mol. The van der Waals surface area contributed by atoms with Gasteiger partial charge in [-0.2, -0.15) is 0 Å².